The molecule has 0 N–H and O–H groups in total. The lowest BCUT2D eigenvalue weighted by Gasteiger charge is -2.09. The van der Waals surface area contributed by atoms with Crippen LogP contribution < -0.4 is 0 Å². The predicted molar refractivity (Wildman–Crippen MR) is 203 cm³/mol. The van der Waals surface area contributed by atoms with Gasteiger partial charge in [-0.1, -0.05) is 115 Å². The second-order valence-corrected chi connectivity index (χ2v) is 12.1. The van der Waals surface area contributed by atoms with Gasteiger partial charge in [0.05, 0.1) is 17.9 Å². The van der Waals surface area contributed by atoms with Gasteiger partial charge in [-0.3, -0.25) is 0 Å². The van der Waals surface area contributed by atoms with Crippen LogP contribution in [0.5, 0.6) is 0 Å². The molecule has 0 aliphatic carbocycles. The molecule has 0 aliphatic rings. The van der Waals surface area contributed by atoms with Crippen molar-refractivity contribution in [2.75, 3.05) is 0 Å². The molecule has 0 fully saturated rings. The number of aromatic nitrogens is 4. The van der Waals surface area contributed by atoms with Crippen LogP contribution in [0.15, 0.2) is 174 Å². The smallest absolute Gasteiger partial charge is 0.164 e. The van der Waals surface area contributed by atoms with Crippen LogP contribution >= 0.6 is 0 Å². The molecule has 0 unspecified atom stereocenters. The minimum Gasteiger partial charge on any atom is -0.456 e. The highest BCUT2D eigenvalue weighted by Gasteiger charge is 2.17. The van der Waals surface area contributed by atoms with E-state index in [1.165, 1.54) is 0 Å². The van der Waals surface area contributed by atoms with E-state index in [-0.39, 0.29) is 23.5 Å². The van der Waals surface area contributed by atoms with Gasteiger partial charge in [-0.15, -0.1) is 0 Å². The highest BCUT2D eigenvalue weighted by Crippen LogP contribution is 2.38. The lowest BCUT2D eigenvalue weighted by molar-refractivity contribution is 0.669. The van der Waals surface area contributed by atoms with Gasteiger partial charge in [0.15, 0.2) is 17.5 Å². The van der Waals surface area contributed by atoms with Gasteiger partial charge in [0, 0.05) is 43.9 Å². The number of hydrogen-bond acceptors (Lipinski definition) is 4. The summed E-state index contributed by atoms with van der Waals surface area (Å²) in [5.74, 6) is 0.593. The first kappa shape index (κ1) is 23.5. The summed E-state index contributed by atoms with van der Waals surface area (Å²) >= 11 is 0. The number of para-hydroxylation sites is 1. The SMILES string of the molecule is [2H]c1c([2H])c([2H])c(-c2nc(-c3ccccc3)nc(-c3ccc4oc5ccc(-n6c7ccccc7c7cc(-c8ccccc8)ccc76)cc5c4c3)n2)c([2H])c1[2H]. The molecule has 0 amide bonds. The second-order valence-electron chi connectivity index (χ2n) is 12.1. The van der Waals surface area contributed by atoms with E-state index in [2.05, 4.69) is 88.4 Å². The minimum atomic E-state index is -0.481. The van der Waals surface area contributed by atoms with Crippen LogP contribution in [0.3, 0.4) is 0 Å². The highest BCUT2D eigenvalue weighted by molar-refractivity contribution is 6.11. The zero-order valence-corrected chi connectivity index (χ0v) is 26.5. The Kier molecular flexibility index (Phi) is 5.35. The lowest BCUT2D eigenvalue weighted by atomic mass is 10.0. The summed E-state index contributed by atoms with van der Waals surface area (Å²) in [4.78, 5) is 14.2. The minimum absolute atomic E-state index is 0.0120. The molecule has 3 aromatic heterocycles. The fourth-order valence-electron chi connectivity index (χ4n) is 6.80. The molecule has 50 heavy (non-hydrogen) atoms. The molecule has 0 atom stereocenters. The van der Waals surface area contributed by atoms with Crippen molar-refractivity contribution in [1.82, 2.24) is 19.5 Å². The van der Waals surface area contributed by atoms with E-state index in [9.17, 15) is 0 Å². The summed E-state index contributed by atoms with van der Waals surface area (Å²) in [5.41, 5.74) is 8.16. The molecule has 10 rings (SSSR count). The molecular weight excluding hydrogens is 613 g/mol. The quantitative estimate of drug-likeness (QED) is 0.187. The van der Waals surface area contributed by atoms with Crippen molar-refractivity contribution in [3.8, 4) is 51.0 Å². The first-order valence-corrected chi connectivity index (χ1v) is 16.3. The molecular formula is C45H28N4O. The highest BCUT2D eigenvalue weighted by atomic mass is 16.3. The molecule has 0 radical (unpaired) electrons. The zero-order valence-electron chi connectivity index (χ0n) is 31.5. The maximum Gasteiger partial charge on any atom is 0.164 e. The number of nitrogens with zero attached hydrogens (tertiary/aromatic N) is 4. The number of fused-ring (bicyclic) bond motifs is 6. The summed E-state index contributed by atoms with van der Waals surface area (Å²) in [5, 5.41) is 4.08. The Labute approximate surface area is 294 Å². The Morgan fingerprint density at radius 2 is 1.00 bits per heavy atom. The fourth-order valence-corrected chi connectivity index (χ4v) is 6.80. The largest absolute Gasteiger partial charge is 0.456 e. The van der Waals surface area contributed by atoms with E-state index < -0.39 is 18.1 Å². The molecule has 0 aliphatic heterocycles. The third kappa shape index (κ3) is 4.67. The average Bonchev–Trinajstić information content (AvgIpc) is 3.77. The Morgan fingerprint density at radius 3 is 1.78 bits per heavy atom. The van der Waals surface area contributed by atoms with Crippen LogP contribution in [0.1, 0.15) is 6.85 Å². The number of rotatable bonds is 5. The molecule has 0 bridgehead atoms. The normalized spacial score (nSPS) is 13.0. The van der Waals surface area contributed by atoms with Crippen molar-refractivity contribution < 1.29 is 11.3 Å². The van der Waals surface area contributed by atoms with Gasteiger partial charge in [-0.25, -0.2) is 15.0 Å². The predicted octanol–water partition coefficient (Wildman–Crippen LogP) is 11.5. The first-order chi connectivity index (χ1) is 26.8. The zero-order chi connectivity index (χ0) is 37.4. The Bertz CT molecular complexity index is 3130. The maximum absolute atomic E-state index is 8.64. The number of furan rings is 1. The molecule has 0 spiro atoms. The molecule has 10 aromatic rings. The van der Waals surface area contributed by atoms with E-state index in [4.69, 9.17) is 21.2 Å². The van der Waals surface area contributed by atoms with Gasteiger partial charge < -0.3 is 8.98 Å². The van der Waals surface area contributed by atoms with Gasteiger partial charge in [-0.05, 0) is 65.7 Å². The number of benzene rings is 7. The molecule has 7 aromatic carbocycles. The molecule has 0 saturated carbocycles. The van der Waals surface area contributed by atoms with Gasteiger partial charge >= 0.3 is 0 Å². The Morgan fingerprint density at radius 1 is 0.420 bits per heavy atom. The fraction of sp³-hybridized carbons (Fsp3) is 0. The van der Waals surface area contributed by atoms with Gasteiger partial charge in [0.1, 0.15) is 11.2 Å². The van der Waals surface area contributed by atoms with E-state index >= 15 is 0 Å². The van der Waals surface area contributed by atoms with Gasteiger partial charge in [-0.2, -0.15) is 0 Å². The number of hydrogen-bond donors (Lipinski definition) is 0. The summed E-state index contributed by atoms with van der Waals surface area (Å²) in [6, 6.07) is 44.6. The van der Waals surface area contributed by atoms with E-state index in [0.29, 0.717) is 28.4 Å². The second kappa shape index (κ2) is 11.4. The summed E-state index contributed by atoms with van der Waals surface area (Å²) in [6.07, 6.45) is 0. The van der Waals surface area contributed by atoms with Gasteiger partial charge in [0.25, 0.3) is 0 Å². The van der Waals surface area contributed by atoms with Crippen LogP contribution in [0.2, 0.25) is 0 Å². The van der Waals surface area contributed by atoms with E-state index in [1.54, 1.807) is 0 Å². The molecule has 3 heterocycles. The van der Waals surface area contributed by atoms with Crippen molar-refractivity contribution in [3.05, 3.63) is 170 Å². The van der Waals surface area contributed by atoms with Gasteiger partial charge in [0.2, 0.25) is 0 Å². The van der Waals surface area contributed by atoms with Crippen molar-refractivity contribution in [3.63, 3.8) is 0 Å². The van der Waals surface area contributed by atoms with Crippen LogP contribution in [0.25, 0.3) is 94.7 Å². The van der Waals surface area contributed by atoms with E-state index in [1.807, 2.05) is 60.7 Å². The summed E-state index contributed by atoms with van der Waals surface area (Å²) in [6.45, 7) is 0. The Balaban J connectivity index is 1.15. The standard InChI is InChI=1S/C45H28N4O/c1-4-12-29(13-5-1)32-20-23-40-36(26-32)35-18-10-11-19-39(35)49(40)34-22-25-42-38(28-34)37-27-33(21-24-41(37)50-42)45-47-43(30-14-6-2-7-15-30)46-44(48-45)31-16-8-3-9-17-31/h1-28H/i2D,6D,7D,14D,15D. The van der Waals surface area contributed by atoms with Crippen molar-refractivity contribution in [1.29, 1.82) is 0 Å². The lowest BCUT2D eigenvalue weighted by Crippen LogP contribution is -2.00. The molecule has 5 heteroatoms. The monoisotopic (exact) mass is 645 g/mol. The molecule has 0 saturated heterocycles. The van der Waals surface area contributed by atoms with Crippen LogP contribution in [0.4, 0.5) is 0 Å². The third-order valence-electron chi connectivity index (χ3n) is 9.14. The van der Waals surface area contributed by atoms with Crippen LogP contribution in [-0.2, 0) is 0 Å². The summed E-state index contributed by atoms with van der Waals surface area (Å²) in [7, 11) is 0. The van der Waals surface area contributed by atoms with Crippen molar-refractivity contribution >= 4 is 43.7 Å². The topological polar surface area (TPSA) is 56.7 Å². The summed E-state index contributed by atoms with van der Waals surface area (Å²) < 4.78 is 50.6. The first-order valence-electron chi connectivity index (χ1n) is 18.8. The Hall–Kier alpha value is -6.85. The van der Waals surface area contributed by atoms with Crippen molar-refractivity contribution in [2.45, 2.75) is 0 Å². The maximum atomic E-state index is 8.64. The molecule has 5 nitrogen and oxygen atoms in total. The molecule has 234 valence electrons. The average molecular weight is 646 g/mol. The van der Waals surface area contributed by atoms with Crippen molar-refractivity contribution in [2.24, 2.45) is 0 Å². The third-order valence-corrected chi connectivity index (χ3v) is 9.14. The van der Waals surface area contributed by atoms with E-state index in [0.717, 1.165) is 55.0 Å². The van der Waals surface area contributed by atoms with Crippen LogP contribution in [0, 0.1) is 0 Å². The van der Waals surface area contributed by atoms with Crippen LogP contribution in [-0.4, -0.2) is 19.5 Å².